The number of carbonyl (C=O) groups excluding carboxylic acids is 2. The van der Waals surface area contributed by atoms with E-state index >= 15 is 0 Å². The van der Waals surface area contributed by atoms with Crippen molar-refractivity contribution in [1.29, 1.82) is 0 Å². The van der Waals surface area contributed by atoms with Crippen molar-refractivity contribution in [2.45, 2.75) is 76.8 Å². The van der Waals surface area contributed by atoms with Gasteiger partial charge in [0.15, 0.2) is 0 Å². The third kappa shape index (κ3) is 8.67. The van der Waals surface area contributed by atoms with E-state index in [2.05, 4.69) is 19.2 Å². The van der Waals surface area contributed by atoms with E-state index in [1.165, 1.54) is 17.0 Å². The Kier molecular flexibility index (Phi) is 10.7. The smallest absolute Gasteiger partial charge is 0.264 e. The summed E-state index contributed by atoms with van der Waals surface area (Å²) >= 11 is 0. The number of rotatable bonds is 12. The third-order valence-electron chi connectivity index (χ3n) is 6.83. The van der Waals surface area contributed by atoms with Crippen LogP contribution in [0.5, 0.6) is 0 Å². The van der Waals surface area contributed by atoms with E-state index in [0.717, 1.165) is 15.4 Å². The van der Waals surface area contributed by atoms with Crippen LogP contribution in [0.25, 0.3) is 0 Å². The van der Waals surface area contributed by atoms with Gasteiger partial charge in [-0.1, -0.05) is 81.4 Å². The molecule has 3 aromatic carbocycles. The summed E-state index contributed by atoms with van der Waals surface area (Å²) in [5, 5.41) is 3.00. The van der Waals surface area contributed by atoms with E-state index < -0.39 is 34.1 Å². The van der Waals surface area contributed by atoms with Gasteiger partial charge in [-0.2, -0.15) is 0 Å². The van der Waals surface area contributed by atoms with Crippen molar-refractivity contribution >= 4 is 27.5 Å². The van der Waals surface area contributed by atoms with Crippen LogP contribution in [0.2, 0.25) is 0 Å². The summed E-state index contributed by atoms with van der Waals surface area (Å²) in [6.45, 7) is 11.5. The Morgan fingerprint density at radius 1 is 0.854 bits per heavy atom. The number of benzene rings is 3. The van der Waals surface area contributed by atoms with Gasteiger partial charge in [0.1, 0.15) is 12.6 Å². The second kappa shape index (κ2) is 13.8. The molecule has 0 bridgehead atoms. The van der Waals surface area contributed by atoms with Gasteiger partial charge in [0, 0.05) is 12.1 Å². The van der Waals surface area contributed by atoms with E-state index in [4.69, 9.17) is 0 Å². The van der Waals surface area contributed by atoms with Gasteiger partial charge in [-0.15, -0.1) is 0 Å². The Morgan fingerprint density at radius 2 is 1.41 bits per heavy atom. The fourth-order valence-electron chi connectivity index (χ4n) is 4.62. The number of hydrogen-bond donors (Lipinski definition) is 1. The van der Waals surface area contributed by atoms with Gasteiger partial charge in [0.25, 0.3) is 10.0 Å². The van der Waals surface area contributed by atoms with E-state index in [1.807, 2.05) is 70.2 Å². The molecule has 1 atom stereocenters. The molecule has 0 aromatic heterocycles. The first-order chi connectivity index (χ1) is 19.3. The lowest BCUT2D eigenvalue weighted by Gasteiger charge is -2.34. The number of sulfonamides is 1. The summed E-state index contributed by atoms with van der Waals surface area (Å²) in [6.07, 6.45) is 0.914. The Labute approximate surface area is 245 Å². The number of amides is 2. The van der Waals surface area contributed by atoms with Crippen molar-refractivity contribution in [2.24, 2.45) is 0 Å². The van der Waals surface area contributed by atoms with Gasteiger partial charge in [0.05, 0.1) is 10.6 Å². The zero-order valence-electron chi connectivity index (χ0n) is 25.0. The maximum Gasteiger partial charge on any atom is 0.264 e. The molecule has 0 fully saturated rings. The first kappa shape index (κ1) is 31.9. The first-order valence-electron chi connectivity index (χ1n) is 14.2. The van der Waals surface area contributed by atoms with Gasteiger partial charge in [0.2, 0.25) is 11.8 Å². The molecule has 0 aliphatic carbocycles. The van der Waals surface area contributed by atoms with Gasteiger partial charge in [-0.3, -0.25) is 13.9 Å². The van der Waals surface area contributed by atoms with Crippen LogP contribution in [0.15, 0.2) is 89.8 Å². The largest absolute Gasteiger partial charge is 0.350 e. The minimum absolute atomic E-state index is 0.0917. The number of carbonyl (C=O) groups is 2. The topological polar surface area (TPSA) is 86.8 Å². The molecular weight excluding hydrogens is 534 g/mol. The second-order valence-corrected chi connectivity index (χ2v) is 13.4. The average Bonchev–Trinajstić information content (AvgIpc) is 2.93. The maximum atomic E-state index is 14.1. The molecule has 0 aliphatic rings. The van der Waals surface area contributed by atoms with Crippen molar-refractivity contribution in [3.63, 3.8) is 0 Å². The number of nitrogens with one attached hydrogen (secondary N) is 1. The predicted octanol–water partition coefficient (Wildman–Crippen LogP) is 5.77. The summed E-state index contributed by atoms with van der Waals surface area (Å²) in [5.74, 6) is -0.436. The van der Waals surface area contributed by atoms with Crippen LogP contribution in [0.3, 0.4) is 0 Å². The molecule has 0 saturated carbocycles. The SMILES string of the molecule is CC[C@@H](C(=O)NC(C)(C)C)N(CCc1ccccc1)C(=O)CN(c1ccc(C(C)C)cc1)S(=O)(=O)c1ccccc1. The fourth-order valence-corrected chi connectivity index (χ4v) is 6.06. The molecular formula is C33H43N3O4S. The van der Waals surface area contributed by atoms with Crippen LogP contribution in [-0.2, 0) is 26.0 Å². The van der Waals surface area contributed by atoms with Crippen LogP contribution in [0.1, 0.15) is 65.0 Å². The third-order valence-corrected chi connectivity index (χ3v) is 8.61. The summed E-state index contributed by atoms with van der Waals surface area (Å²) in [6, 6.07) is 24.3. The van der Waals surface area contributed by atoms with E-state index in [0.29, 0.717) is 18.5 Å². The monoisotopic (exact) mass is 577 g/mol. The second-order valence-electron chi connectivity index (χ2n) is 11.6. The Balaban J connectivity index is 2.02. The maximum absolute atomic E-state index is 14.1. The van der Waals surface area contributed by atoms with Gasteiger partial charge >= 0.3 is 0 Å². The van der Waals surface area contributed by atoms with Crippen LogP contribution in [0, 0.1) is 0 Å². The van der Waals surface area contributed by atoms with Crippen molar-refractivity contribution in [3.05, 3.63) is 96.1 Å². The molecule has 7 nitrogen and oxygen atoms in total. The molecule has 0 unspecified atom stereocenters. The standard InChI is InChI=1S/C33H43N3O4S/c1-7-30(32(38)34-33(4,5)6)35(23-22-26-14-10-8-11-15-26)31(37)24-36(28-20-18-27(19-21-28)25(2)3)41(39,40)29-16-12-9-13-17-29/h8-21,25,30H,7,22-24H2,1-6H3,(H,34,38)/t30-/m0/s1. The van der Waals surface area contributed by atoms with E-state index in [1.54, 1.807) is 30.3 Å². The highest BCUT2D eigenvalue weighted by Crippen LogP contribution is 2.26. The quantitative estimate of drug-likeness (QED) is 0.296. The molecule has 8 heteroatoms. The minimum Gasteiger partial charge on any atom is -0.350 e. The molecule has 0 heterocycles. The van der Waals surface area contributed by atoms with Crippen LogP contribution in [0.4, 0.5) is 5.69 Å². The van der Waals surface area contributed by atoms with Crippen LogP contribution < -0.4 is 9.62 Å². The van der Waals surface area contributed by atoms with Gasteiger partial charge < -0.3 is 10.2 Å². The zero-order chi connectivity index (χ0) is 30.2. The van der Waals surface area contributed by atoms with Crippen molar-refractivity contribution < 1.29 is 18.0 Å². The molecule has 3 aromatic rings. The van der Waals surface area contributed by atoms with Crippen molar-refractivity contribution in [3.8, 4) is 0 Å². The van der Waals surface area contributed by atoms with Crippen molar-refractivity contribution in [1.82, 2.24) is 10.2 Å². The first-order valence-corrected chi connectivity index (χ1v) is 15.6. The average molecular weight is 578 g/mol. The molecule has 220 valence electrons. The highest BCUT2D eigenvalue weighted by atomic mass is 32.2. The fraction of sp³-hybridized carbons (Fsp3) is 0.394. The van der Waals surface area contributed by atoms with E-state index in [-0.39, 0.29) is 23.3 Å². The predicted molar refractivity (Wildman–Crippen MR) is 165 cm³/mol. The Bertz CT molecular complexity index is 1380. The minimum atomic E-state index is -4.08. The Hall–Kier alpha value is -3.65. The summed E-state index contributed by atoms with van der Waals surface area (Å²) in [5.41, 5.74) is 1.99. The lowest BCUT2D eigenvalue weighted by Crippen LogP contribution is -2.56. The molecule has 2 amide bonds. The molecule has 41 heavy (non-hydrogen) atoms. The zero-order valence-corrected chi connectivity index (χ0v) is 25.8. The Morgan fingerprint density at radius 3 is 1.93 bits per heavy atom. The number of hydrogen-bond acceptors (Lipinski definition) is 4. The molecule has 0 saturated heterocycles. The highest BCUT2D eigenvalue weighted by Gasteiger charge is 2.34. The molecule has 1 N–H and O–H groups in total. The lowest BCUT2D eigenvalue weighted by atomic mass is 10.0. The van der Waals surface area contributed by atoms with Crippen LogP contribution >= 0.6 is 0 Å². The molecule has 0 spiro atoms. The summed E-state index contributed by atoms with van der Waals surface area (Å²) in [4.78, 5) is 29.1. The normalized spacial score (nSPS) is 12.6. The molecule has 0 radical (unpaired) electrons. The highest BCUT2D eigenvalue weighted by molar-refractivity contribution is 7.92. The van der Waals surface area contributed by atoms with Crippen molar-refractivity contribution in [2.75, 3.05) is 17.4 Å². The van der Waals surface area contributed by atoms with Gasteiger partial charge in [-0.05, 0) is 74.9 Å². The van der Waals surface area contributed by atoms with E-state index in [9.17, 15) is 18.0 Å². The summed E-state index contributed by atoms with van der Waals surface area (Å²) in [7, 11) is -4.08. The number of anilines is 1. The van der Waals surface area contributed by atoms with Gasteiger partial charge in [-0.25, -0.2) is 8.42 Å². The summed E-state index contributed by atoms with van der Waals surface area (Å²) < 4.78 is 29.0. The lowest BCUT2D eigenvalue weighted by molar-refractivity contribution is -0.140. The van der Waals surface area contributed by atoms with Crippen LogP contribution in [-0.4, -0.2) is 49.8 Å². The number of nitrogens with zero attached hydrogens (tertiary/aromatic N) is 2. The molecule has 3 rings (SSSR count). The molecule has 0 aliphatic heterocycles.